The van der Waals surface area contributed by atoms with E-state index in [1.54, 1.807) is 49.3 Å². The lowest BCUT2D eigenvalue weighted by Gasteiger charge is -2.34. The Kier molecular flexibility index (Phi) is 4.91. The molecule has 3 heterocycles. The molecule has 168 valence electrons. The van der Waals surface area contributed by atoms with Gasteiger partial charge in [0.2, 0.25) is 0 Å². The lowest BCUT2D eigenvalue weighted by molar-refractivity contribution is -0.121. The van der Waals surface area contributed by atoms with E-state index in [0.717, 1.165) is 4.90 Å². The molecule has 5 rings (SSSR count). The second-order valence-corrected chi connectivity index (χ2v) is 8.52. The summed E-state index contributed by atoms with van der Waals surface area (Å²) < 4.78 is 10.6. The van der Waals surface area contributed by atoms with Crippen LogP contribution in [0.5, 0.6) is 11.5 Å². The molecule has 0 spiro atoms. The Hall–Kier alpha value is -3.77. The van der Waals surface area contributed by atoms with Gasteiger partial charge in [0.1, 0.15) is 23.6 Å². The van der Waals surface area contributed by atoms with E-state index in [9.17, 15) is 19.6 Å². The maximum atomic E-state index is 13.4. The van der Waals surface area contributed by atoms with Crippen LogP contribution in [0.1, 0.15) is 17.5 Å². The van der Waals surface area contributed by atoms with Gasteiger partial charge >= 0.3 is 12.1 Å². The number of imide groups is 1. The summed E-state index contributed by atoms with van der Waals surface area (Å²) in [6.07, 6.45) is -0.0514. The van der Waals surface area contributed by atoms with Crippen LogP contribution < -0.4 is 14.4 Å². The number of amides is 4. The molecule has 0 N–H and O–H groups in total. The van der Waals surface area contributed by atoms with Crippen molar-refractivity contribution in [1.29, 1.82) is 5.26 Å². The molecule has 0 saturated carbocycles. The third-order valence-corrected chi connectivity index (χ3v) is 6.97. The Bertz CT molecular complexity index is 1220. The van der Waals surface area contributed by atoms with Crippen LogP contribution in [0.2, 0.25) is 5.02 Å². The largest absolute Gasteiger partial charge is 0.497 e. The van der Waals surface area contributed by atoms with Crippen LogP contribution in [0.25, 0.3) is 0 Å². The summed E-state index contributed by atoms with van der Waals surface area (Å²) in [5.74, 6) is 0.580. The quantitative estimate of drug-likeness (QED) is 0.643. The first-order chi connectivity index (χ1) is 15.8. The van der Waals surface area contributed by atoms with Crippen LogP contribution in [0.3, 0.4) is 0 Å². The molecule has 3 aliphatic rings. The highest BCUT2D eigenvalue weighted by Gasteiger charge is 2.63. The summed E-state index contributed by atoms with van der Waals surface area (Å²) in [5, 5.41) is 9.38. The third kappa shape index (κ3) is 3.09. The van der Waals surface area contributed by atoms with Crippen molar-refractivity contribution < 1.29 is 23.9 Å². The summed E-state index contributed by atoms with van der Waals surface area (Å²) in [4.78, 5) is 43.6. The highest BCUT2D eigenvalue weighted by atomic mass is 35.5. The topological polar surface area (TPSA) is 103 Å². The molecule has 0 aliphatic carbocycles. The molecule has 3 fully saturated rings. The van der Waals surface area contributed by atoms with E-state index >= 15 is 0 Å². The van der Waals surface area contributed by atoms with Gasteiger partial charge in [0, 0.05) is 6.54 Å². The SMILES string of the molecule is COc1ccc(OC(=O)N2CC3CC2[C@@H]2C(=O)N(c4ccc(C#N)c(Cl)c4C)C(=O)N32)cc1. The lowest BCUT2D eigenvalue weighted by atomic mass is 10.1. The van der Waals surface area contributed by atoms with Crippen molar-refractivity contribution in [2.24, 2.45) is 0 Å². The summed E-state index contributed by atoms with van der Waals surface area (Å²) in [6.45, 7) is 1.95. The number of nitrogens with zero attached hydrogens (tertiary/aromatic N) is 4. The van der Waals surface area contributed by atoms with Crippen LogP contribution in [0.15, 0.2) is 36.4 Å². The number of methoxy groups -OCH3 is 1. The van der Waals surface area contributed by atoms with Crippen molar-refractivity contribution in [2.45, 2.75) is 31.5 Å². The Balaban J connectivity index is 1.38. The van der Waals surface area contributed by atoms with Crippen molar-refractivity contribution in [3.8, 4) is 17.6 Å². The predicted octanol–water partition coefficient (Wildman–Crippen LogP) is 3.32. The number of ether oxygens (including phenoxy) is 2. The van der Waals surface area contributed by atoms with Crippen LogP contribution in [-0.2, 0) is 4.79 Å². The molecule has 3 aliphatic heterocycles. The first kappa shape index (κ1) is 21.1. The van der Waals surface area contributed by atoms with Crippen LogP contribution in [0.4, 0.5) is 15.3 Å². The van der Waals surface area contributed by atoms with Gasteiger partial charge in [0.05, 0.1) is 35.5 Å². The second kappa shape index (κ2) is 7.67. The number of benzene rings is 2. The van der Waals surface area contributed by atoms with E-state index in [-0.39, 0.29) is 23.2 Å². The minimum atomic E-state index is -0.784. The normalized spacial score (nSPS) is 23.1. The molecule has 3 atom stereocenters. The van der Waals surface area contributed by atoms with Gasteiger partial charge in [-0.3, -0.25) is 4.79 Å². The number of halogens is 1. The first-order valence-corrected chi connectivity index (χ1v) is 10.7. The van der Waals surface area contributed by atoms with Gasteiger partial charge in [-0.1, -0.05) is 11.6 Å². The summed E-state index contributed by atoms with van der Waals surface area (Å²) in [6, 6.07) is 9.67. The van der Waals surface area contributed by atoms with E-state index in [4.69, 9.17) is 21.1 Å². The fourth-order valence-corrected chi connectivity index (χ4v) is 5.10. The molecular formula is C23H19ClN4O5. The molecule has 2 aromatic rings. The van der Waals surface area contributed by atoms with Gasteiger partial charge in [-0.25, -0.2) is 14.5 Å². The number of rotatable bonds is 3. The third-order valence-electron chi connectivity index (χ3n) is 6.48. The standard InChI is InChI=1S/C23H19ClN4O5/c1-12-17(8-3-13(10-25)19(12)24)28-21(29)20-18-9-14(27(20)22(28)30)11-26(18)23(31)33-16-6-4-15(32-2)5-7-16/h3-8,14,18,20H,9,11H2,1-2H3/t14?,18?,20-/m1/s1. The Morgan fingerprint density at radius 1 is 1.15 bits per heavy atom. The highest BCUT2D eigenvalue weighted by molar-refractivity contribution is 6.33. The smallest absolute Gasteiger partial charge is 0.415 e. The van der Waals surface area contributed by atoms with E-state index in [2.05, 4.69) is 0 Å². The number of fused-ring (bicyclic) bond motifs is 5. The highest BCUT2D eigenvalue weighted by Crippen LogP contribution is 2.43. The molecule has 0 radical (unpaired) electrons. The van der Waals surface area contributed by atoms with Gasteiger partial charge < -0.3 is 19.3 Å². The molecule has 0 aromatic heterocycles. The minimum absolute atomic E-state index is 0.204. The first-order valence-electron chi connectivity index (χ1n) is 10.3. The number of likely N-dealkylation sites (tertiary alicyclic amines) is 1. The maximum absolute atomic E-state index is 13.4. The summed E-state index contributed by atoms with van der Waals surface area (Å²) in [7, 11) is 1.55. The van der Waals surface area contributed by atoms with Gasteiger partial charge in [0.15, 0.2) is 0 Å². The number of piperazine rings is 1. The molecule has 10 heteroatoms. The number of carbonyl (C=O) groups excluding carboxylic acids is 3. The van der Waals surface area contributed by atoms with Gasteiger partial charge in [-0.2, -0.15) is 5.26 Å². The lowest BCUT2D eigenvalue weighted by Crippen LogP contribution is -2.55. The summed E-state index contributed by atoms with van der Waals surface area (Å²) >= 11 is 6.26. The number of anilines is 1. The fourth-order valence-electron chi connectivity index (χ4n) is 4.90. The Morgan fingerprint density at radius 3 is 2.52 bits per heavy atom. The maximum Gasteiger partial charge on any atom is 0.415 e. The second-order valence-electron chi connectivity index (χ2n) is 8.14. The fraction of sp³-hybridized carbons (Fsp3) is 0.304. The van der Waals surface area contributed by atoms with E-state index < -0.39 is 30.1 Å². The van der Waals surface area contributed by atoms with Crippen molar-refractivity contribution in [3.05, 3.63) is 52.5 Å². The molecule has 9 nitrogen and oxygen atoms in total. The minimum Gasteiger partial charge on any atom is -0.497 e. The van der Waals surface area contributed by atoms with Crippen molar-refractivity contribution in [3.63, 3.8) is 0 Å². The van der Waals surface area contributed by atoms with E-state index in [0.29, 0.717) is 29.2 Å². The number of nitriles is 1. The van der Waals surface area contributed by atoms with Gasteiger partial charge in [0.25, 0.3) is 5.91 Å². The van der Waals surface area contributed by atoms with E-state index in [1.165, 1.54) is 11.0 Å². The zero-order valence-electron chi connectivity index (χ0n) is 17.8. The average molecular weight is 467 g/mol. The molecule has 2 aromatic carbocycles. The monoisotopic (exact) mass is 466 g/mol. The number of hydrogen-bond donors (Lipinski definition) is 0. The number of carbonyl (C=O) groups is 3. The molecule has 3 saturated heterocycles. The number of urea groups is 1. The van der Waals surface area contributed by atoms with Crippen LogP contribution in [-0.4, -0.2) is 59.6 Å². The predicted molar refractivity (Wildman–Crippen MR) is 117 cm³/mol. The molecule has 2 unspecified atom stereocenters. The van der Waals surface area contributed by atoms with Crippen molar-refractivity contribution >= 4 is 35.3 Å². The molecule has 4 amide bonds. The zero-order chi connectivity index (χ0) is 23.4. The number of hydrogen-bond acceptors (Lipinski definition) is 6. The Morgan fingerprint density at radius 2 is 1.85 bits per heavy atom. The average Bonchev–Trinajstić information content (AvgIpc) is 3.48. The zero-order valence-corrected chi connectivity index (χ0v) is 18.6. The van der Waals surface area contributed by atoms with E-state index in [1.807, 2.05) is 6.07 Å². The molecular weight excluding hydrogens is 448 g/mol. The van der Waals surface area contributed by atoms with Crippen LogP contribution in [0, 0.1) is 18.3 Å². The summed E-state index contributed by atoms with van der Waals surface area (Å²) in [5.41, 5.74) is 1.09. The Labute approximate surface area is 194 Å². The molecule has 2 bridgehead atoms. The van der Waals surface area contributed by atoms with Crippen LogP contribution >= 0.6 is 11.6 Å². The van der Waals surface area contributed by atoms with Gasteiger partial charge in [-0.05, 0) is 55.3 Å². The van der Waals surface area contributed by atoms with Crippen molar-refractivity contribution in [1.82, 2.24) is 9.80 Å². The molecule has 33 heavy (non-hydrogen) atoms. The van der Waals surface area contributed by atoms with Crippen molar-refractivity contribution in [2.75, 3.05) is 18.6 Å². The van der Waals surface area contributed by atoms with Gasteiger partial charge in [-0.15, -0.1) is 0 Å².